The van der Waals surface area contributed by atoms with Gasteiger partial charge >= 0.3 is 0 Å². The molecule has 0 atom stereocenters. The Hall–Kier alpha value is -1.88. The highest BCUT2D eigenvalue weighted by molar-refractivity contribution is 5.82. The number of aryl methyl sites for hydroxylation is 1. The van der Waals surface area contributed by atoms with Crippen molar-refractivity contribution in [2.45, 2.75) is 35.1 Å². The summed E-state index contributed by atoms with van der Waals surface area (Å²) in [6.07, 6.45) is 0. The Bertz CT molecular complexity index is 513. The average Bonchev–Trinajstić information content (AvgIpc) is 2.48. The minimum Gasteiger partial charge on any atom is -0.351 e. The number of aliphatic imine (C=N–C) groups is 1. The van der Waals surface area contributed by atoms with Crippen LogP contribution in [0.3, 0.4) is 0 Å². The molecule has 0 aliphatic rings. The van der Waals surface area contributed by atoms with Gasteiger partial charge in [0.15, 0.2) is 0 Å². The van der Waals surface area contributed by atoms with Gasteiger partial charge in [0.2, 0.25) is 5.91 Å². The molecule has 0 aliphatic heterocycles. The Morgan fingerprint density at radius 3 is 2.48 bits per heavy atom. The minimum atomic E-state index is 0. The fourth-order valence-electron chi connectivity index (χ4n) is 2.06. The highest BCUT2D eigenvalue weighted by Gasteiger charge is 2.05. The Morgan fingerprint density at radius 2 is 1.91 bits per heavy atom. The highest BCUT2D eigenvalue weighted by Crippen LogP contribution is 2.17. The number of likely N-dealkylation sites (N-methyl/N-ethyl adjacent to an activating group) is 1. The molecule has 1 rings (SSSR count). The topological polar surface area (TPSA) is 47.9 Å². The molecule has 5 nitrogen and oxygen atoms in total. The Labute approximate surface area is 141 Å². The van der Waals surface area contributed by atoms with Crippen molar-refractivity contribution in [3.05, 3.63) is 29.8 Å². The van der Waals surface area contributed by atoms with Crippen LogP contribution in [-0.4, -0.2) is 54.9 Å². The number of carbonyl (C=O) groups is 1. The molecular weight excluding hydrogens is 288 g/mol. The first-order valence-electron chi connectivity index (χ1n) is 7.74. The van der Waals surface area contributed by atoms with Crippen molar-refractivity contribution >= 4 is 17.4 Å². The standard InChI is InChI=1S/C17H28N4O.CH4/c1-6-21(16(4)22)12-11-18-13-20(5)15(3)19-17-10-8-7-9-14(17)2;/h7-10,18H,6,11-13H2,1-5H3;1H4. The second kappa shape index (κ2) is 10.8. The first-order chi connectivity index (χ1) is 10.5. The van der Waals surface area contributed by atoms with Crippen LogP contribution in [0.2, 0.25) is 0 Å². The molecule has 0 aromatic heterocycles. The number of nitrogens with zero attached hydrogens (tertiary/aromatic N) is 3. The number of hydrogen-bond donors (Lipinski definition) is 1. The monoisotopic (exact) mass is 320 g/mol. The van der Waals surface area contributed by atoms with E-state index < -0.39 is 0 Å². The lowest BCUT2D eigenvalue weighted by Gasteiger charge is -2.22. The largest absolute Gasteiger partial charge is 0.351 e. The molecule has 0 saturated heterocycles. The maximum Gasteiger partial charge on any atom is 0.219 e. The molecule has 1 amide bonds. The SMILES string of the molecule is C.CCN(CCNCN(C)C(C)=Nc1ccccc1C)C(C)=O. The van der Waals surface area contributed by atoms with E-state index in [1.807, 2.05) is 44.0 Å². The van der Waals surface area contributed by atoms with E-state index in [2.05, 4.69) is 28.2 Å². The van der Waals surface area contributed by atoms with Gasteiger partial charge in [0.25, 0.3) is 0 Å². The molecular formula is C18H32N4O. The summed E-state index contributed by atoms with van der Waals surface area (Å²) in [6, 6.07) is 8.10. The Kier molecular flexibility index (Phi) is 9.90. The number of benzene rings is 1. The lowest BCUT2D eigenvalue weighted by atomic mass is 10.2. The number of rotatable bonds is 7. The van der Waals surface area contributed by atoms with E-state index in [1.54, 1.807) is 6.92 Å². The highest BCUT2D eigenvalue weighted by atomic mass is 16.2. The van der Waals surface area contributed by atoms with Gasteiger partial charge in [-0.15, -0.1) is 0 Å². The number of hydrogen-bond acceptors (Lipinski definition) is 3. The molecule has 5 heteroatoms. The normalized spacial score (nSPS) is 10.9. The molecule has 0 radical (unpaired) electrons. The van der Waals surface area contributed by atoms with Crippen LogP contribution in [0.25, 0.3) is 0 Å². The molecule has 0 saturated carbocycles. The van der Waals surface area contributed by atoms with Crippen molar-refractivity contribution in [3.8, 4) is 0 Å². The summed E-state index contributed by atoms with van der Waals surface area (Å²) in [5.74, 6) is 1.08. The Morgan fingerprint density at radius 1 is 1.26 bits per heavy atom. The van der Waals surface area contributed by atoms with E-state index >= 15 is 0 Å². The van der Waals surface area contributed by atoms with Gasteiger partial charge in [0.05, 0.1) is 12.4 Å². The van der Waals surface area contributed by atoms with Crippen LogP contribution in [0.5, 0.6) is 0 Å². The van der Waals surface area contributed by atoms with Crippen molar-refractivity contribution < 1.29 is 4.79 Å². The van der Waals surface area contributed by atoms with Crippen LogP contribution in [0.4, 0.5) is 5.69 Å². The predicted molar refractivity (Wildman–Crippen MR) is 99.2 cm³/mol. The molecule has 23 heavy (non-hydrogen) atoms. The minimum absolute atomic E-state index is 0. The van der Waals surface area contributed by atoms with Gasteiger partial charge in [-0.05, 0) is 32.4 Å². The van der Waals surface area contributed by atoms with E-state index in [4.69, 9.17) is 0 Å². The fourth-order valence-corrected chi connectivity index (χ4v) is 2.06. The summed E-state index contributed by atoms with van der Waals surface area (Å²) in [4.78, 5) is 19.9. The predicted octanol–water partition coefficient (Wildman–Crippen LogP) is 3.03. The third-order valence-electron chi connectivity index (χ3n) is 3.68. The lowest BCUT2D eigenvalue weighted by Crippen LogP contribution is -2.40. The molecule has 130 valence electrons. The van der Waals surface area contributed by atoms with Crippen LogP contribution in [0.1, 0.15) is 33.8 Å². The molecule has 1 aromatic rings. The molecule has 0 aliphatic carbocycles. The van der Waals surface area contributed by atoms with Crippen molar-refractivity contribution in [2.75, 3.05) is 33.4 Å². The summed E-state index contributed by atoms with van der Waals surface area (Å²) in [5, 5.41) is 3.34. The molecule has 0 unspecified atom stereocenters. The van der Waals surface area contributed by atoms with Gasteiger partial charge < -0.3 is 9.80 Å². The van der Waals surface area contributed by atoms with Crippen LogP contribution >= 0.6 is 0 Å². The van der Waals surface area contributed by atoms with Gasteiger partial charge in [0.1, 0.15) is 5.84 Å². The third-order valence-corrected chi connectivity index (χ3v) is 3.68. The first kappa shape index (κ1) is 21.1. The number of nitrogens with one attached hydrogen (secondary N) is 1. The summed E-state index contributed by atoms with van der Waals surface area (Å²) in [6.45, 7) is 10.6. The number of para-hydroxylation sites is 1. The molecule has 0 bridgehead atoms. The van der Waals surface area contributed by atoms with E-state index in [-0.39, 0.29) is 13.3 Å². The first-order valence-corrected chi connectivity index (χ1v) is 7.74. The quantitative estimate of drug-likeness (QED) is 0.363. The van der Waals surface area contributed by atoms with Gasteiger partial charge in [-0.25, -0.2) is 4.99 Å². The number of carbonyl (C=O) groups excluding carboxylic acids is 1. The zero-order valence-electron chi connectivity index (χ0n) is 14.4. The molecule has 1 aromatic carbocycles. The lowest BCUT2D eigenvalue weighted by molar-refractivity contribution is -0.128. The molecule has 0 fully saturated rings. The van der Waals surface area contributed by atoms with E-state index in [0.717, 1.165) is 31.2 Å². The van der Waals surface area contributed by atoms with Crippen molar-refractivity contribution in [1.82, 2.24) is 15.1 Å². The summed E-state index contributed by atoms with van der Waals surface area (Å²) >= 11 is 0. The van der Waals surface area contributed by atoms with Gasteiger partial charge in [-0.1, -0.05) is 25.6 Å². The maximum atomic E-state index is 11.3. The average molecular weight is 320 g/mol. The summed E-state index contributed by atoms with van der Waals surface area (Å²) < 4.78 is 0. The van der Waals surface area contributed by atoms with Crippen molar-refractivity contribution in [3.63, 3.8) is 0 Å². The summed E-state index contributed by atoms with van der Waals surface area (Å²) in [7, 11) is 2.01. The maximum absolute atomic E-state index is 11.3. The fraction of sp³-hybridized carbons (Fsp3) is 0.556. The number of amidine groups is 1. The van der Waals surface area contributed by atoms with Crippen molar-refractivity contribution in [1.29, 1.82) is 0 Å². The third kappa shape index (κ3) is 7.28. The molecule has 1 N–H and O–H groups in total. The van der Waals surface area contributed by atoms with Gasteiger partial charge in [-0.2, -0.15) is 0 Å². The van der Waals surface area contributed by atoms with Gasteiger partial charge in [-0.3, -0.25) is 10.1 Å². The second-order valence-electron chi connectivity index (χ2n) is 5.40. The van der Waals surface area contributed by atoms with Crippen LogP contribution in [0, 0.1) is 6.92 Å². The van der Waals surface area contributed by atoms with Crippen LogP contribution in [-0.2, 0) is 4.79 Å². The second-order valence-corrected chi connectivity index (χ2v) is 5.40. The smallest absolute Gasteiger partial charge is 0.219 e. The van der Waals surface area contributed by atoms with Crippen molar-refractivity contribution in [2.24, 2.45) is 4.99 Å². The number of amides is 1. The van der Waals surface area contributed by atoms with E-state index in [9.17, 15) is 4.79 Å². The zero-order valence-corrected chi connectivity index (χ0v) is 14.4. The van der Waals surface area contributed by atoms with E-state index in [0.29, 0.717) is 6.67 Å². The molecule has 0 spiro atoms. The Balaban J connectivity index is 0.00000484. The van der Waals surface area contributed by atoms with Crippen LogP contribution < -0.4 is 5.32 Å². The van der Waals surface area contributed by atoms with E-state index in [1.165, 1.54) is 5.56 Å². The van der Waals surface area contributed by atoms with Crippen LogP contribution in [0.15, 0.2) is 29.3 Å². The van der Waals surface area contributed by atoms with Gasteiger partial charge in [0, 0.05) is 33.6 Å². The zero-order chi connectivity index (χ0) is 16.5. The summed E-state index contributed by atoms with van der Waals surface area (Å²) in [5.41, 5.74) is 2.17. The molecule has 0 heterocycles.